The van der Waals surface area contributed by atoms with Gasteiger partial charge < -0.3 is 21.1 Å². The second-order valence-electron chi connectivity index (χ2n) is 3.31. The Hall–Kier alpha value is -1.13. The van der Waals surface area contributed by atoms with Gasteiger partial charge in [0.05, 0.1) is 0 Å². The third kappa shape index (κ3) is 3.18. The summed E-state index contributed by atoms with van der Waals surface area (Å²) in [4.78, 5) is 0. The number of phenolic OH excluding ortho intramolecular Hbond substituents is 3. The Labute approximate surface area is 94.8 Å². The van der Waals surface area contributed by atoms with Crippen molar-refractivity contribution in [1.82, 2.24) is 0 Å². The highest BCUT2D eigenvalue weighted by atomic mass is 35.5. The molecule has 86 valence electrons. The van der Waals surface area contributed by atoms with E-state index in [1.165, 1.54) is 6.07 Å². The van der Waals surface area contributed by atoms with E-state index < -0.39 is 5.75 Å². The molecular weight excluding hydrogens is 218 g/mol. The van der Waals surface area contributed by atoms with Crippen molar-refractivity contribution in [3.63, 3.8) is 0 Å². The van der Waals surface area contributed by atoms with Crippen LogP contribution in [0.1, 0.15) is 18.9 Å². The monoisotopic (exact) mass is 233 g/mol. The summed E-state index contributed by atoms with van der Waals surface area (Å²) in [5.41, 5.74) is 6.26. The van der Waals surface area contributed by atoms with Crippen molar-refractivity contribution in [2.45, 2.75) is 25.8 Å². The van der Waals surface area contributed by atoms with E-state index in [4.69, 9.17) is 10.8 Å². The molecule has 1 rings (SSSR count). The van der Waals surface area contributed by atoms with E-state index in [1.54, 1.807) is 6.07 Å². The minimum Gasteiger partial charge on any atom is -0.504 e. The lowest BCUT2D eigenvalue weighted by Gasteiger charge is -2.11. The number of phenols is 3. The predicted octanol–water partition coefficient (Wildman–Crippen LogP) is 1.51. The van der Waals surface area contributed by atoms with Gasteiger partial charge in [0.1, 0.15) is 0 Å². The summed E-state index contributed by atoms with van der Waals surface area (Å²) < 4.78 is 0. The first-order valence-corrected chi connectivity index (χ1v) is 4.54. The van der Waals surface area contributed by atoms with Crippen LogP contribution in [0.3, 0.4) is 0 Å². The standard InChI is InChI=1S/C10H15NO3.ClH/c1-2-7(11)5-6-3-4-8(12)10(14)9(6)13;/h3-4,7,12-14H,2,5,11H2,1H3;1H. The molecular formula is C10H16ClNO3. The van der Waals surface area contributed by atoms with Crippen LogP contribution in [-0.2, 0) is 6.42 Å². The van der Waals surface area contributed by atoms with Gasteiger partial charge in [-0.1, -0.05) is 13.0 Å². The van der Waals surface area contributed by atoms with Crippen molar-refractivity contribution < 1.29 is 15.3 Å². The van der Waals surface area contributed by atoms with Gasteiger partial charge in [0.15, 0.2) is 11.5 Å². The number of hydrogen-bond acceptors (Lipinski definition) is 4. The number of hydrogen-bond donors (Lipinski definition) is 4. The Bertz CT molecular complexity index is 331. The number of halogens is 1. The third-order valence-corrected chi connectivity index (χ3v) is 2.22. The summed E-state index contributed by atoms with van der Waals surface area (Å²) >= 11 is 0. The average molecular weight is 234 g/mol. The summed E-state index contributed by atoms with van der Waals surface area (Å²) in [6, 6.07) is 2.84. The highest BCUT2D eigenvalue weighted by Crippen LogP contribution is 2.37. The first kappa shape index (κ1) is 13.9. The van der Waals surface area contributed by atoms with Crippen LogP contribution >= 0.6 is 12.4 Å². The average Bonchev–Trinajstić information content (AvgIpc) is 2.19. The topological polar surface area (TPSA) is 86.7 Å². The van der Waals surface area contributed by atoms with Crippen LogP contribution in [0.25, 0.3) is 0 Å². The van der Waals surface area contributed by atoms with E-state index in [1.807, 2.05) is 6.92 Å². The van der Waals surface area contributed by atoms with Crippen LogP contribution in [-0.4, -0.2) is 21.4 Å². The molecule has 4 nitrogen and oxygen atoms in total. The third-order valence-electron chi connectivity index (χ3n) is 2.22. The molecule has 1 unspecified atom stereocenters. The first-order chi connectivity index (χ1) is 6.56. The van der Waals surface area contributed by atoms with Gasteiger partial charge in [0.2, 0.25) is 5.75 Å². The van der Waals surface area contributed by atoms with Crippen LogP contribution in [0.2, 0.25) is 0 Å². The Morgan fingerprint density at radius 3 is 2.33 bits per heavy atom. The van der Waals surface area contributed by atoms with Crippen LogP contribution < -0.4 is 5.73 Å². The van der Waals surface area contributed by atoms with E-state index in [9.17, 15) is 10.2 Å². The summed E-state index contributed by atoms with van der Waals surface area (Å²) in [5.74, 6) is -1.09. The van der Waals surface area contributed by atoms with Gasteiger partial charge >= 0.3 is 0 Å². The van der Waals surface area contributed by atoms with Gasteiger partial charge in [-0.25, -0.2) is 0 Å². The fourth-order valence-corrected chi connectivity index (χ4v) is 1.20. The van der Waals surface area contributed by atoms with Crippen molar-refractivity contribution in [2.24, 2.45) is 5.73 Å². The fourth-order valence-electron chi connectivity index (χ4n) is 1.20. The number of rotatable bonds is 3. The summed E-state index contributed by atoms with van der Waals surface area (Å²) in [6.07, 6.45) is 1.28. The molecule has 0 bridgehead atoms. The van der Waals surface area contributed by atoms with E-state index in [-0.39, 0.29) is 29.9 Å². The van der Waals surface area contributed by atoms with Crippen molar-refractivity contribution in [3.8, 4) is 17.2 Å². The lowest BCUT2D eigenvalue weighted by molar-refractivity contribution is 0.364. The molecule has 0 aliphatic carbocycles. The lowest BCUT2D eigenvalue weighted by Crippen LogP contribution is -2.21. The Morgan fingerprint density at radius 1 is 1.20 bits per heavy atom. The van der Waals surface area contributed by atoms with E-state index in [0.29, 0.717) is 12.0 Å². The maximum Gasteiger partial charge on any atom is 0.200 e. The van der Waals surface area contributed by atoms with Gasteiger partial charge in [-0.05, 0) is 24.5 Å². The molecule has 0 fully saturated rings. The van der Waals surface area contributed by atoms with Gasteiger partial charge in [-0.15, -0.1) is 12.4 Å². The summed E-state index contributed by atoms with van der Waals surface area (Å²) in [5, 5.41) is 27.8. The van der Waals surface area contributed by atoms with Gasteiger partial charge in [-0.2, -0.15) is 0 Å². The van der Waals surface area contributed by atoms with Crippen molar-refractivity contribution in [1.29, 1.82) is 0 Å². The quantitative estimate of drug-likeness (QED) is 0.596. The molecule has 0 amide bonds. The van der Waals surface area contributed by atoms with Crippen molar-refractivity contribution >= 4 is 12.4 Å². The second kappa shape index (κ2) is 5.68. The molecule has 0 saturated carbocycles. The molecule has 0 heterocycles. The van der Waals surface area contributed by atoms with Crippen molar-refractivity contribution in [3.05, 3.63) is 17.7 Å². The molecule has 1 atom stereocenters. The molecule has 0 radical (unpaired) electrons. The normalized spacial score (nSPS) is 11.9. The summed E-state index contributed by atoms with van der Waals surface area (Å²) in [7, 11) is 0. The molecule has 0 aromatic heterocycles. The van der Waals surface area contributed by atoms with Gasteiger partial charge in [-0.3, -0.25) is 0 Å². The molecule has 5 heteroatoms. The molecule has 0 aliphatic heterocycles. The zero-order valence-electron chi connectivity index (χ0n) is 8.47. The Balaban J connectivity index is 0.00000196. The molecule has 0 aliphatic rings. The minimum atomic E-state index is -0.481. The van der Waals surface area contributed by atoms with Crippen LogP contribution in [0, 0.1) is 0 Å². The van der Waals surface area contributed by atoms with Crippen LogP contribution in [0.5, 0.6) is 17.2 Å². The zero-order chi connectivity index (χ0) is 10.7. The molecule has 0 saturated heterocycles. The fraction of sp³-hybridized carbons (Fsp3) is 0.400. The van der Waals surface area contributed by atoms with Crippen LogP contribution in [0.4, 0.5) is 0 Å². The highest BCUT2D eigenvalue weighted by Gasteiger charge is 2.12. The Kier molecular flexibility index (Phi) is 5.25. The highest BCUT2D eigenvalue weighted by molar-refractivity contribution is 5.85. The molecule has 1 aromatic carbocycles. The smallest absolute Gasteiger partial charge is 0.200 e. The van der Waals surface area contributed by atoms with Crippen molar-refractivity contribution in [2.75, 3.05) is 0 Å². The van der Waals surface area contributed by atoms with Crippen LogP contribution in [0.15, 0.2) is 12.1 Å². The minimum absolute atomic E-state index is 0. The largest absolute Gasteiger partial charge is 0.504 e. The van der Waals surface area contributed by atoms with E-state index in [2.05, 4.69) is 0 Å². The number of benzene rings is 1. The maximum atomic E-state index is 9.46. The van der Waals surface area contributed by atoms with E-state index in [0.717, 1.165) is 6.42 Å². The molecule has 0 spiro atoms. The number of nitrogens with two attached hydrogens (primary N) is 1. The second-order valence-corrected chi connectivity index (χ2v) is 3.31. The van der Waals surface area contributed by atoms with E-state index >= 15 is 0 Å². The molecule has 1 aromatic rings. The predicted molar refractivity (Wildman–Crippen MR) is 60.7 cm³/mol. The van der Waals surface area contributed by atoms with Gasteiger partial charge in [0, 0.05) is 6.04 Å². The van der Waals surface area contributed by atoms with Gasteiger partial charge in [0.25, 0.3) is 0 Å². The zero-order valence-corrected chi connectivity index (χ0v) is 9.29. The molecule has 5 N–H and O–H groups in total. The summed E-state index contributed by atoms with van der Waals surface area (Å²) in [6.45, 7) is 1.95. The maximum absolute atomic E-state index is 9.46. The number of aromatic hydroxyl groups is 3. The SMILES string of the molecule is CCC(N)Cc1ccc(O)c(O)c1O.Cl. The molecule has 15 heavy (non-hydrogen) atoms. The first-order valence-electron chi connectivity index (χ1n) is 4.54. The lowest BCUT2D eigenvalue weighted by atomic mass is 10.0. The Morgan fingerprint density at radius 2 is 1.80 bits per heavy atom.